The lowest BCUT2D eigenvalue weighted by molar-refractivity contribution is -0.128. The van der Waals surface area contributed by atoms with Crippen molar-refractivity contribution in [2.24, 2.45) is 11.3 Å². The van der Waals surface area contributed by atoms with E-state index in [-0.39, 0.29) is 18.6 Å². The lowest BCUT2D eigenvalue weighted by Crippen LogP contribution is -2.32. The van der Waals surface area contributed by atoms with Crippen molar-refractivity contribution in [3.63, 3.8) is 0 Å². The van der Waals surface area contributed by atoms with Gasteiger partial charge in [-0.05, 0) is 38.2 Å². The van der Waals surface area contributed by atoms with Crippen molar-refractivity contribution in [1.82, 2.24) is 5.32 Å². The molecule has 1 fully saturated rings. The summed E-state index contributed by atoms with van der Waals surface area (Å²) in [6.45, 7) is 1.75. The molecule has 2 N–H and O–H groups in total. The van der Waals surface area contributed by atoms with E-state index in [0.717, 1.165) is 19.3 Å². The van der Waals surface area contributed by atoms with Gasteiger partial charge in [0.1, 0.15) is 0 Å². The first-order valence-corrected chi connectivity index (χ1v) is 8.43. The molecule has 3 heteroatoms. The van der Waals surface area contributed by atoms with Crippen LogP contribution in [0.5, 0.6) is 0 Å². The Kier molecular flexibility index (Phi) is 4.67. The van der Waals surface area contributed by atoms with Crippen LogP contribution in [-0.2, 0) is 4.79 Å². The molecule has 3 nitrogen and oxygen atoms in total. The zero-order chi connectivity index (χ0) is 16.3. The monoisotopic (exact) mass is 311 g/mol. The van der Waals surface area contributed by atoms with Gasteiger partial charge in [0, 0.05) is 12.0 Å². The highest BCUT2D eigenvalue weighted by Crippen LogP contribution is 2.33. The van der Waals surface area contributed by atoms with E-state index in [9.17, 15) is 9.90 Å². The van der Waals surface area contributed by atoms with Gasteiger partial charge in [-0.3, -0.25) is 4.79 Å². The molecular weight excluding hydrogens is 286 g/mol. The topological polar surface area (TPSA) is 49.3 Å². The fourth-order valence-corrected chi connectivity index (χ4v) is 3.50. The Bertz CT molecular complexity index is 624. The molecule has 0 aromatic rings. The van der Waals surface area contributed by atoms with E-state index in [1.165, 1.54) is 11.1 Å². The lowest BCUT2D eigenvalue weighted by Gasteiger charge is -2.20. The van der Waals surface area contributed by atoms with Gasteiger partial charge in [-0.15, -0.1) is 0 Å². The summed E-state index contributed by atoms with van der Waals surface area (Å²) < 4.78 is 0. The zero-order valence-electron chi connectivity index (χ0n) is 13.7. The van der Waals surface area contributed by atoms with Gasteiger partial charge < -0.3 is 10.4 Å². The molecule has 1 heterocycles. The highest BCUT2D eigenvalue weighted by Gasteiger charge is 2.42. The lowest BCUT2D eigenvalue weighted by atomic mass is 9.85. The second-order valence-electron chi connectivity index (χ2n) is 7.01. The number of aliphatic hydroxyl groups is 1. The average molecular weight is 311 g/mol. The predicted octanol–water partition coefficient (Wildman–Crippen LogP) is 3.21. The normalized spacial score (nSPS) is 33.2. The van der Waals surface area contributed by atoms with Gasteiger partial charge in [0.25, 0.3) is 0 Å². The van der Waals surface area contributed by atoms with Gasteiger partial charge in [-0.2, -0.15) is 0 Å². The molecule has 0 radical (unpaired) electrons. The van der Waals surface area contributed by atoms with Crippen LogP contribution in [0.3, 0.4) is 0 Å². The number of nitrogens with one attached hydrogen (secondary N) is 1. The zero-order valence-corrected chi connectivity index (χ0v) is 13.7. The van der Waals surface area contributed by atoms with Crippen molar-refractivity contribution in [1.29, 1.82) is 0 Å². The van der Waals surface area contributed by atoms with E-state index in [4.69, 9.17) is 0 Å². The molecule has 1 amide bonds. The summed E-state index contributed by atoms with van der Waals surface area (Å²) in [7, 11) is 0. The minimum atomic E-state index is -0.617. The highest BCUT2D eigenvalue weighted by molar-refractivity contribution is 5.85. The maximum absolute atomic E-state index is 11.9. The Morgan fingerprint density at radius 2 is 2.22 bits per heavy atom. The molecule has 3 rings (SSSR count). The predicted molar refractivity (Wildman–Crippen MR) is 92.7 cm³/mol. The number of hydrogen-bond donors (Lipinski definition) is 2. The molecule has 1 saturated heterocycles. The average Bonchev–Trinajstić information content (AvgIpc) is 2.75. The van der Waals surface area contributed by atoms with Crippen LogP contribution in [-0.4, -0.2) is 23.7 Å². The molecule has 3 atom stereocenters. The maximum atomic E-state index is 11.9. The van der Waals surface area contributed by atoms with Gasteiger partial charge in [-0.1, -0.05) is 54.2 Å². The van der Waals surface area contributed by atoms with Crippen LogP contribution < -0.4 is 5.32 Å². The van der Waals surface area contributed by atoms with E-state index in [2.05, 4.69) is 53.9 Å². The molecule has 23 heavy (non-hydrogen) atoms. The van der Waals surface area contributed by atoms with Gasteiger partial charge in [-0.25, -0.2) is 0 Å². The number of carbonyl (C=O) groups excluding carboxylic acids is 1. The van der Waals surface area contributed by atoms with E-state index in [0.29, 0.717) is 12.3 Å². The quantitative estimate of drug-likeness (QED) is 0.837. The molecule has 0 aromatic heterocycles. The first-order chi connectivity index (χ1) is 11.1. The second-order valence-corrected chi connectivity index (χ2v) is 7.01. The summed E-state index contributed by atoms with van der Waals surface area (Å²) in [5.41, 5.74) is 2.02. The SMILES string of the molecule is C[C@@]1(CO)C[C@@H](CC2=CCC(C3=CC=CCC=C3)C=C2)NC1=O. The minimum absolute atomic E-state index is 0.0243. The highest BCUT2D eigenvalue weighted by atomic mass is 16.3. The molecule has 0 saturated carbocycles. The molecule has 1 unspecified atom stereocenters. The third-order valence-electron chi connectivity index (χ3n) is 5.02. The van der Waals surface area contributed by atoms with E-state index >= 15 is 0 Å². The Hall–Kier alpha value is -1.87. The van der Waals surface area contributed by atoms with Crippen LogP contribution in [0.4, 0.5) is 0 Å². The van der Waals surface area contributed by atoms with Crippen molar-refractivity contribution < 1.29 is 9.90 Å². The molecule has 1 aliphatic heterocycles. The fourth-order valence-electron chi connectivity index (χ4n) is 3.50. The minimum Gasteiger partial charge on any atom is -0.395 e. The van der Waals surface area contributed by atoms with Crippen molar-refractivity contribution >= 4 is 5.91 Å². The third kappa shape index (κ3) is 3.56. The van der Waals surface area contributed by atoms with Crippen LogP contribution >= 0.6 is 0 Å². The van der Waals surface area contributed by atoms with Gasteiger partial charge >= 0.3 is 0 Å². The summed E-state index contributed by atoms with van der Waals surface area (Å²) in [6.07, 6.45) is 21.2. The Morgan fingerprint density at radius 3 is 2.91 bits per heavy atom. The second kappa shape index (κ2) is 6.71. The smallest absolute Gasteiger partial charge is 0.228 e. The first kappa shape index (κ1) is 16.0. The Morgan fingerprint density at radius 1 is 1.35 bits per heavy atom. The van der Waals surface area contributed by atoms with Crippen molar-refractivity contribution in [3.8, 4) is 0 Å². The van der Waals surface area contributed by atoms with E-state index in [1.807, 2.05) is 6.92 Å². The first-order valence-electron chi connectivity index (χ1n) is 8.43. The molecular formula is C20H25NO2. The van der Waals surface area contributed by atoms with Crippen LogP contribution in [0.2, 0.25) is 0 Å². The number of hydrogen-bond acceptors (Lipinski definition) is 2. The molecule has 0 spiro atoms. The Labute approximate surface area is 138 Å². The fraction of sp³-hybridized carbons (Fsp3) is 0.450. The van der Waals surface area contributed by atoms with E-state index < -0.39 is 5.41 Å². The largest absolute Gasteiger partial charge is 0.395 e. The van der Waals surface area contributed by atoms with Crippen LogP contribution in [0.1, 0.15) is 32.6 Å². The number of amides is 1. The molecule has 122 valence electrons. The number of carbonyl (C=O) groups is 1. The third-order valence-corrected chi connectivity index (χ3v) is 5.02. The summed E-state index contributed by atoms with van der Waals surface area (Å²) in [6, 6.07) is 0.132. The van der Waals surface area contributed by atoms with Crippen LogP contribution in [0, 0.1) is 11.3 Å². The van der Waals surface area contributed by atoms with Crippen molar-refractivity contribution in [2.75, 3.05) is 6.61 Å². The molecule has 3 aliphatic rings. The number of rotatable bonds is 4. The summed E-state index contributed by atoms with van der Waals surface area (Å²) in [5, 5.41) is 12.4. The Balaban J connectivity index is 1.58. The molecule has 0 aromatic carbocycles. The summed E-state index contributed by atoms with van der Waals surface area (Å²) in [4.78, 5) is 11.9. The number of aliphatic hydroxyl groups excluding tert-OH is 1. The summed E-state index contributed by atoms with van der Waals surface area (Å²) in [5.74, 6) is 0.419. The van der Waals surface area contributed by atoms with Crippen LogP contribution in [0.25, 0.3) is 0 Å². The van der Waals surface area contributed by atoms with E-state index in [1.54, 1.807) is 0 Å². The maximum Gasteiger partial charge on any atom is 0.228 e. The van der Waals surface area contributed by atoms with Crippen molar-refractivity contribution in [3.05, 3.63) is 59.8 Å². The number of allylic oxidation sites excluding steroid dienone is 9. The van der Waals surface area contributed by atoms with Gasteiger partial charge in [0.15, 0.2) is 0 Å². The molecule has 0 bridgehead atoms. The standard InChI is InChI=1S/C20H25NO2/c1-20(14-22)13-18(21-19(20)23)12-15-8-10-17(11-9-15)16-6-4-2-3-5-7-16/h2,4-10,17-18,22H,3,11-14H2,1H3,(H,21,23)/t17?,18-,20+/m1/s1. The van der Waals surface area contributed by atoms with Crippen molar-refractivity contribution in [2.45, 2.75) is 38.6 Å². The van der Waals surface area contributed by atoms with Gasteiger partial charge in [0.2, 0.25) is 5.91 Å². The molecule has 2 aliphatic carbocycles. The van der Waals surface area contributed by atoms with Gasteiger partial charge in [0.05, 0.1) is 12.0 Å². The van der Waals surface area contributed by atoms with Crippen LogP contribution in [0.15, 0.2) is 59.8 Å². The summed E-state index contributed by atoms with van der Waals surface area (Å²) >= 11 is 0.